The van der Waals surface area contributed by atoms with Crippen molar-refractivity contribution in [2.75, 3.05) is 38.0 Å². The molecule has 10 heteroatoms. The molecule has 0 unspecified atom stereocenters. The zero-order valence-electron chi connectivity index (χ0n) is 22.5. The van der Waals surface area contributed by atoms with E-state index in [2.05, 4.69) is 46.5 Å². The van der Waals surface area contributed by atoms with Crippen molar-refractivity contribution in [2.45, 2.75) is 52.1 Å². The zero-order valence-corrected chi connectivity index (χ0v) is 22.5. The van der Waals surface area contributed by atoms with Crippen LogP contribution in [-0.2, 0) is 6.54 Å². The Morgan fingerprint density at radius 3 is 2.41 bits per heavy atom. The van der Waals surface area contributed by atoms with Crippen LogP contribution in [0.15, 0.2) is 36.7 Å². The lowest BCUT2D eigenvalue weighted by molar-refractivity contribution is 0.132. The molecule has 39 heavy (non-hydrogen) atoms. The summed E-state index contributed by atoms with van der Waals surface area (Å²) in [6.45, 7) is 10.3. The lowest BCUT2D eigenvalue weighted by Crippen LogP contribution is -2.45. The van der Waals surface area contributed by atoms with Crippen LogP contribution in [0.2, 0.25) is 0 Å². The van der Waals surface area contributed by atoms with Crippen molar-refractivity contribution in [2.24, 2.45) is 0 Å². The monoisotopic (exact) mass is 532 g/mol. The second-order valence-electron chi connectivity index (χ2n) is 10.6. The van der Waals surface area contributed by atoms with Gasteiger partial charge in [-0.3, -0.25) is 4.90 Å². The average Bonchev–Trinajstić information content (AvgIpc) is 3.59. The Morgan fingerprint density at radius 2 is 1.69 bits per heavy atom. The highest BCUT2D eigenvalue weighted by atomic mass is 19.1. The molecule has 0 atom stereocenters. The molecule has 1 aliphatic heterocycles. The third-order valence-corrected chi connectivity index (χ3v) is 8.02. The van der Waals surface area contributed by atoms with Gasteiger partial charge in [-0.2, -0.15) is 0 Å². The first-order valence-corrected chi connectivity index (χ1v) is 13.9. The van der Waals surface area contributed by atoms with Gasteiger partial charge in [0, 0.05) is 50.5 Å². The Hall–Kier alpha value is -3.50. The van der Waals surface area contributed by atoms with E-state index in [0.717, 1.165) is 82.5 Å². The molecule has 0 bridgehead atoms. The highest BCUT2D eigenvalue weighted by molar-refractivity contribution is 5.83. The number of likely N-dealkylation sites (N-methyl/N-ethyl adjacent to an activating group) is 1. The number of nitrogens with zero attached hydrogens (tertiary/aromatic N) is 7. The average molecular weight is 533 g/mol. The molecule has 1 saturated carbocycles. The number of halogens is 2. The van der Waals surface area contributed by atoms with Crippen molar-refractivity contribution in [3.8, 4) is 11.3 Å². The number of aromatic nitrogens is 5. The van der Waals surface area contributed by atoms with Gasteiger partial charge in [-0.25, -0.2) is 28.7 Å². The standard InChI is InChI=1S/C29H34F2N8/c1-3-37-10-12-38(13-11-37)18-20-8-9-26(32-16-20)35-29-33-17-24(31)27(36-29)21-14-23(30)28-25(15-21)39(19(2)34-28)22-6-4-5-7-22/h8-9,14-17,22H,3-7,10-13,18H2,1-2H3,(H,32,33,35,36). The lowest BCUT2D eigenvalue weighted by Gasteiger charge is -2.33. The predicted molar refractivity (Wildman–Crippen MR) is 148 cm³/mol. The summed E-state index contributed by atoms with van der Waals surface area (Å²) in [5.74, 6) is 0.431. The molecule has 1 aliphatic carbocycles. The van der Waals surface area contributed by atoms with Crippen molar-refractivity contribution >= 4 is 22.8 Å². The summed E-state index contributed by atoms with van der Waals surface area (Å²) < 4.78 is 32.2. The summed E-state index contributed by atoms with van der Waals surface area (Å²) in [7, 11) is 0. The molecule has 8 nitrogen and oxygen atoms in total. The Balaban J connectivity index is 1.22. The van der Waals surface area contributed by atoms with E-state index in [9.17, 15) is 4.39 Å². The summed E-state index contributed by atoms with van der Waals surface area (Å²) in [6, 6.07) is 7.28. The number of hydrogen-bond acceptors (Lipinski definition) is 7. The first-order chi connectivity index (χ1) is 19.0. The molecule has 2 aliphatic rings. The van der Waals surface area contributed by atoms with Crippen LogP contribution < -0.4 is 5.32 Å². The minimum absolute atomic E-state index is 0.0352. The van der Waals surface area contributed by atoms with Gasteiger partial charge in [0.15, 0.2) is 11.6 Å². The second kappa shape index (κ2) is 10.9. The Morgan fingerprint density at radius 1 is 0.923 bits per heavy atom. The van der Waals surface area contributed by atoms with E-state index in [-0.39, 0.29) is 17.7 Å². The molecule has 1 N–H and O–H groups in total. The number of rotatable bonds is 7. The van der Waals surface area contributed by atoms with Gasteiger partial charge in [-0.05, 0) is 50.1 Å². The Bertz CT molecular complexity index is 1450. The van der Waals surface area contributed by atoms with Gasteiger partial charge in [0.05, 0.1) is 11.7 Å². The van der Waals surface area contributed by atoms with Crippen LogP contribution >= 0.6 is 0 Å². The number of fused-ring (bicyclic) bond motifs is 1. The Labute approximate surface area is 227 Å². The molecule has 1 aromatic carbocycles. The molecule has 4 aromatic rings. The van der Waals surface area contributed by atoms with Gasteiger partial charge in [-0.15, -0.1) is 0 Å². The number of nitrogens with one attached hydrogen (secondary N) is 1. The number of anilines is 2. The SMILES string of the molecule is CCN1CCN(Cc2ccc(Nc3ncc(F)c(-c4cc(F)c5nc(C)n(C6CCCC6)c5c4)n3)nc2)CC1. The van der Waals surface area contributed by atoms with Gasteiger partial charge < -0.3 is 14.8 Å². The summed E-state index contributed by atoms with van der Waals surface area (Å²) in [5.41, 5.74) is 2.51. The van der Waals surface area contributed by atoms with Crippen LogP contribution in [0.3, 0.4) is 0 Å². The fraction of sp³-hybridized carbons (Fsp3) is 0.448. The van der Waals surface area contributed by atoms with E-state index in [1.165, 1.54) is 6.07 Å². The molecule has 0 radical (unpaired) electrons. The molecule has 0 spiro atoms. The number of hydrogen-bond donors (Lipinski definition) is 1. The predicted octanol–water partition coefficient (Wildman–Crippen LogP) is 5.47. The third kappa shape index (κ3) is 5.35. The topological polar surface area (TPSA) is 75.0 Å². The van der Waals surface area contributed by atoms with Gasteiger partial charge in [0.2, 0.25) is 5.95 Å². The first-order valence-electron chi connectivity index (χ1n) is 13.9. The molecule has 1 saturated heterocycles. The van der Waals surface area contributed by atoms with Crippen molar-refractivity contribution in [3.63, 3.8) is 0 Å². The van der Waals surface area contributed by atoms with Gasteiger partial charge in [-0.1, -0.05) is 25.8 Å². The maximum Gasteiger partial charge on any atom is 0.229 e. The van der Waals surface area contributed by atoms with Crippen LogP contribution in [-0.4, -0.2) is 67.0 Å². The molecule has 2 fully saturated rings. The van der Waals surface area contributed by atoms with Crippen LogP contribution in [0.4, 0.5) is 20.5 Å². The molecular formula is C29H34F2N8. The first kappa shape index (κ1) is 25.8. The summed E-state index contributed by atoms with van der Waals surface area (Å²) in [5, 5.41) is 3.07. The molecular weight excluding hydrogens is 498 g/mol. The minimum Gasteiger partial charge on any atom is -0.325 e. The maximum atomic E-state index is 15.2. The largest absolute Gasteiger partial charge is 0.325 e. The molecule has 0 amide bonds. The normalized spacial score (nSPS) is 17.3. The fourth-order valence-electron chi connectivity index (χ4n) is 5.89. The number of imidazole rings is 1. The van der Waals surface area contributed by atoms with Gasteiger partial charge >= 0.3 is 0 Å². The maximum absolute atomic E-state index is 15.2. The summed E-state index contributed by atoms with van der Waals surface area (Å²) >= 11 is 0. The van der Waals surface area contributed by atoms with Crippen molar-refractivity contribution in [1.82, 2.24) is 34.3 Å². The van der Waals surface area contributed by atoms with Gasteiger partial charge in [0.1, 0.15) is 22.9 Å². The number of pyridine rings is 1. The van der Waals surface area contributed by atoms with E-state index < -0.39 is 11.6 Å². The second-order valence-corrected chi connectivity index (χ2v) is 10.6. The van der Waals surface area contributed by atoms with Crippen LogP contribution in [0.25, 0.3) is 22.3 Å². The lowest BCUT2D eigenvalue weighted by atomic mass is 10.1. The summed E-state index contributed by atoms with van der Waals surface area (Å²) in [6.07, 6.45) is 7.31. The van der Waals surface area contributed by atoms with Crippen molar-refractivity contribution in [1.29, 1.82) is 0 Å². The molecule has 3 aromatic heterocycles. The van der Waals surface area contributed by atoms with Crippen molar-refractivity contribution < 1.29 is 8.78 Å². The van der Waals surface area contributed by atoms with E-state index in [0.29, 0.717) is 22.4 Å². The van der Waals surface area contributed by atoms with Crippen LogP contribution in [0, 0.1) is 18.6 Å². The number of aryl methyl sites for hydroxylation is 1. The number of benzene rings is 1. The third-order valence-electron chi connectivity index (χ3n) is 8.02. The fourth-order valence-corrected chi connectivity index (χ4v) is 5.89. The molecule has 4 heterocycles. The smallest absolute Gasteiger partial charge is 0.229 e. The van der Waals surface area contributed by atoms with Crippen molar-refractivity contribution in [3.05, 3.63) is 59.7 Å². The highest BCUT2D eigenvalue weighted by Gasteiger charge is 2.24. The Kier molecular flexibility index (Phi) is 7.22. The van der Waals surface area contributed by atoms with Crippen LogP contribution in [0.1, 0.15) is 50.0 Å². The zero-order chi connectivity index (χ0) is 26.9. The molecule has 6 rings (SSSR count). The van der Waals surface area contributed by atoms with Gasteiger partial charge in [0.25, 0.3) is 0 Å². The van der Waals surface area contributed by atoms with E-state index in [4.69, 9.17) is 0 Å². The van der Waals surface area contributed by atoms with Crippen LogP contribution in [0.5, 0.6) is 0 Å². The van der Waals surface area contributed by atoms with E-state index in [1.807, 2.05) is 25.3 Å². The number of piperazine rings is 1. The summed E-state index contributed by atoms with van der Waals surface area (Å²) in [4.78, 5) is 22.4. The van der Waals surface area contributed by atoms with E-state index >= 15 is 4.39 Å². The molecule has 204 valence electrons. The van der Waals surface area contributed by atoms with E-state index in [1.54, 1.807) is 6.07 Å². The quantitative estimate of drug-likeness (QED) is 0.338. The minimum atomic E-state index is -0.616. The highest BCUT2D eigenvalue weighted by Crippen LogP contribution is 2.36.